The van der Waals surface area contributed by atoms with Crippen molar-refractivity contribution in [3.05, 3.63) is 16.6 Å². The fraction of sp³-hybridized carbons (Fsp3) is 0.810. The van der Waals surface area contributed by atoms with E-state index in [0.29, 0.717) is 24.5 Å². The lowest BCUT2D eigenvalue weighted by molar-refractivity contribution is -0.148. The summed E-state index contributed by atoms with van der Waals surface area (Å²) in [6.07, 6.45) is 8.01. The van der Waals surface area contributed by atoms with Crippen LogP contribution in [-0.4, -0.2) is 23.9 Å². The van der Waals surface area contributed by atoms with E-state index in [1.165, 1.54) is 12.5 Å². The van der Waals surface area contributed by atoms with E-state index < -0.39 is 0 Å². The first-order valence-corrected chi connectivity index (χ1v) is 10.0. The fourth-order valence-corrected chi connectivity index (χ4v) is 6.82. The van der Waals surface area contributed by atoms with Gasteiger partial charge in [0.15, 0.2) is 0 Å². The largest absolute Gasteiger partial charge is 0.462 e. The van der Waals surface area contributed by atoms with Gasteiger partial charge in [0, 0.05) is 25.2 Å². The molecule has 4 rings (SSSR count). The van der Waals surface area contributed by atoms with Crippen molar-refractivity contribution in [2.75, 3.05) is 0 Å². The van der Waals surface area contributed by atoms with Crippen LogP contribution < -0.4 is 0 Å². The highest BCUT2D eigenvalue weighted by Gasteiger charge is 2.61. The zero-order valence-electron chi connectivity index (χ0n) is 16.0. The smallest absolute Gasteiger partial charge is 0.302 e. The fourth-order valence-electron chi connectivity index (χ4n) is 6.82. The molecular weight excluding hydrogens is 330 g/mol. The van der Waals surface area contributed by atoms with Crippen LogP contribution in [0, 0.1) is 33.5 Å². The summed E-state index contributed by atoms with van der Waals surface area (Å²) < 4.78 is 5.46. The number of esters is 1. The van der Waals surface area contributed by atoms with Crippen LogP contribution in [0.5, 0.6) is 0 Å². The van der Waals surface area contributed by atoms with Crippen LogP contribution in [0.25, 0.3) is 0 Å². The molecule has 2 unspecified atom stereocenters. The van der Waals surface area contributed by atoms with E-state index in [4.69, 9.17) is 4.74 Å². The van der Waals surface area contributed by atoms with Crippen LogP contribution >= 0.6 is 0 Å². The summed E-state index contributed by atoms with van der Waals surface area (Å²) in [5.41, 5.74) is 1.02. The van der Waals surface area contributed by atoms with Gasteiger partial charge in [0.05, 0.1) is 0 Å². The highest BCUT2D eigenvalue weighted by atomic mass is 16.5. The molecule has 0 aromatic carbocycles. The first kappa shape index (κ1) is 17.9. The summed E-state index contributed by atoms with van der Waals surface area (Å²) in [6, 6.07) is -0.352. The molecule has 0 aromatic rings. The summed E-state index contributed by atoms with van der Waals surface area (Å²) in [5.74, 6) is 0.987. The van der Waals surface area contributed by atoms with Crippen molar-refractivity contribution in [2.45, 2.75) is 77.9 Å². The Morgan fingerprint density at radius 3 is 2.54 bits per heavy atom. The third-order valence-corrected chi connectivity index (χ3v) is 8.25. The molecule has 3 saturated carbocycles. The number of carbonyl (C=O) groups is 2. The number of Topliss-reactive ketones (excluding diaryl/α,β-unsaturated/α-hetero) is 1. The maximum atomic E-state index is 12.5. The molecule has 0 saturated heterocycles. The van der Waals surface area contributed by atoms with Crippen molar-refractivity contribution in [2.24, 2.45) is 33.8 Å². The molecule has 3 fully saturated rings. The monoisotopic (exact) mass is 359 g/mol. The molecular formula is C21H29NO4. The molecule has 0 spiro atoms. The lowest BCUT2D eigenvalue weighted by Gasteiger charge is -2.57. The number of hydrogen-bond donors (Lipinski definition) is 0. The van der Waals surface area contributed by atoms with E-state index in [1.807, 2.05) is 0 Å². The second-order valence-corrected chi connectivity index (χ2v) is 9.39. The van der Waals surface area contributed by atoms with E-state index >= 15 is 0 Å². The molecule has 0 bridgehead atoms. The van der Waals surface area contributed by atoms with Crippen molar-refractivity contribution < 1.29 is 14.3 Å². The molecule has 4 aliphatic rings. The number of fused-ring (bicyclic) bond motifs is 5. The molecule has 0 aromatic heterocycles. The lowest BCUT2D eigenvalue weighted by atomic mass is 9.47. The third kappa shape index (κ3) is 2.42. The lowest BCUT2D eigenvalue weighted by Crippen LogP contribution is -2.54. The number of carbonyl (C=O) groups excluding carboxylic acids is 2. The van der Waals surface area contributed by atoms with E-state index in [-0.39, 0.29) is 40.8 Å². The molecule has 0 N–H and O–H groups in total. The minimum atomic E-state index is -0.352. The minimum Gasteiger partial charge on any atom is -0.462 e. The van der Waals surface area contributed by atoms with Gasteiger partial charge in [-0.15, -0.1) is 0 Å². The molecule has 0 radical (unpaired) electrons. The maximum Gasteiger partial charge on any atom is 0.302 e. The van der Waals surface area contributed by atoms with Gasteiger partial charge in [-0.25, -0.2) is 0 Å². The highest BCUT2D eigenvalue weighted by Crippen LogP contribution is 2.64. The maximum absolute atomic E-state index is 12.5. The number of ketones is 1. The van der Waals surface area contributed by atoms with Gasteiger partial charge in [0.1, 0.15) is 17.9 Å². The number of nitrogens with zero attached hydrogens (tertiary/aromatic N) is 1. The van der Waals surface area contributed by atoms with Gasteiger partial charge >= 0.3 is 5.97 Å². The average molecular weight is 359 g/mol. The van der Waals surface area contributed by atoms with Crippen LogP contribution in [0.2, 0.25) is 0 Å². The second kappa shape index (κ2) is 6.00. The number of nitroso groups, excluding NO2 is 1. The van der Waals surface area contributed by atoms with E-state index in [1.54, 1.807) is 0 Å². The topological polar surface area (TPSA) is 72.8 Å². The second-order valence-electron chi connectivity index (χ2n) is 9.39. The zero-order chi connectivity index (χ0) is 18.7. The average Bonchev–Trinajstić information content (AvgIpc) is 2.89. The first-order valence-electron chi connectivity index (χ1n) is 10.0. The Morgan fingerprint density at radius 2 is 1.85 bits per heavy atom. The number of rotatable bonds is 2. The van der Waals surface area contributed by atoms with E-state index in [2.05, 4.69) is 25.1 Å². The predicted molar refractivity (Wildman–Crippen MR) is 97.2 cm³/mol. The molecule has 5 nitrogen and oxygen atoms in total. The molecule has 7 atom stereocenters. The molecule has 4 aliphatic carbocycles. The summed E-state index contributed by atoms with van der Waals surface area (Å²) >= 11 is 0. The SMILES string of the molecule is CC(=O)OC1CC[C@@]2(C)C(=CC(N=O)[C@@H]3[C@H]2CC[C@]2(C)C(=O)CC[C@@H]32)C1. The summed E-state index contributed by atoms with van der Waals surface area (Å²) in [4.78, 5) is 35.6. The molecule has 0 heterocycles. The van der Waals surface area contributed by atoms with Gasteiger partial charge in [-0.3, -0.25) is 9.59 Å². The summed E-state index contributed by atoms with van der Waals surface area (Å²) in [5, 5.41) is 3.51. The van der Waals surface area contributed by atoms with Crippen LogP contribution in [0.4, 0.5) is 0 Å². The van der Waals surface area contributed by atoms with Crippen LogP contribution in [0.15, 0.2) is 16.8 Å². The Bertz CT molecular complexity index is 685. The van der Waals surface area contributed by atoms with Crippen molar-refractivity contribution in [3.63, 3.8) is 0 Å². The van der Waals surface area contributed by atoms with Crippen molar-refractivity contribution in [1.29, 1.82) is 0 Å². The molecule has 0 amide bonds. The van der Waals surface area contributed by atoms with Gasteiger partial charge in [-0.05, 0) is 55.3 Å². The van der Waals surface area contributed by atoms with E-state index in [0.717, 1.165) is 32.1 Å². The normalized spacial score (nSPS) is 47.3. The standard InChI is InChI=1S/C21H29NO4/c1-12(23)26-14-6-8-20(2)13(10-14)11-17(22-25)19-15-4-5-18(24)21(15,3)9-7-16(19)20/h11,14-17,19H,4-10H2,1-3H3/t14?,15-,16+,17?,19-,20-,21-/m0/s1. The third-order valence-electron chi connectivity index (χ3n) is 8.25. The number of hydrogen-bond acceptors (Lipinski definition) is 5. The molecule has 26 heavy (non-hydrogen) atoms. The molecule has 142 valence electrons. The van der Waals surface area contributed by atoms with Gasteiger partial charge in [0.25, 0.3) is 0 Å². The quantitative estimate of drug-likeness (QED) is 0.421. The summed E-state index contributed by atoms with van der Waals surface area (Å²) in [7, 11) is 0. The van der Waals surface area contributed by atoms with Gasteiger partial charge in [-0.1, -0.05) is 30.7 Å². The molecule has 0 aliphatic heterocycles. The van der Waals surface area contributed by atoms with E-state index in [9.17, 15) is 14.5 Å². The van der Waals surface area contributed by atoms with Gasteiger partial charge in [0.2, 0.25) is 0 Å². The first-order chi connectivity index (χ1) is 12.3. The molecule has 5 heteroatoms. The predicted octanol–water partition coefficient (Wildman–Crippen LogP) is 4.19. The van der Waals surface area contributed by atoms with Crippen LogP contribution in [-0.2, 0) is 14.3 Å². The Hall–Kier alpha value is -1.52. The Kier molecular flexibility index (Phi) is 4.12. The minimum absolute atomic E-state index is 0.0372. The summed E-state index contributed by atoms with van der Waals surface area (Å²) in [6.45, 7) is 5.89. The van der Waals surface area contributed by atoms with Crippen molar-refractivity contribution in [1.82, 2.24) is 0 Å². The van der Waals surface area contributed by atoms with Crippen LogP contribution in [0.1, 0.15) is 65.7 Å². The van der Waals surface area contributed by atoms with Gasteiger partial charge in [-0.2, -0.15) is 4.91 Å². The number of ether oxygens (including phenoxy) is 1. The Labute approximate surface area is 154 Å². The zero-order valence-corrected chi connectivity index (χ0v) is 16.0. The van der Waals surface area contributed by atoms with Crippen molar-refractivity contribution in [3.8, 4) is 0 Å². The Balaban J connectivity index is 1.69. The van der Waals surface area contributed by atoms with Crippen LogP contribution in [0.3, 0.4) is 0 Å². The highest BCUT2D eigenvalue weighted by molar-refractivity contribution is 5.87. The Morgan fingerprint density at radius 1 is 1.15 bits per heavy atom. The van der Waals surface area contributed by atoms with Gasteiger partial charge < -0.3 is 4.74 Å². The van der Waals surface area contributed by atoms with Crippen molar-refractivity contribution >= 4 is 11.8 Å².